The molecule has 8 heteroatoms. The molecule has 6 nitrogen and oxygen atoms in total. The fourth-order valence-corrected chi connectivity index (χ4v) is 3.51. The Bertz CT molecular complexity index is 638. The van der Waals surface area contributed by atoms with Gasteiger partial charge in [-0.25, -0.2) is 4.98 Å². The molecular weight excluding hydrogens is 359 g/mol. The lowest BCUT2D eigenvalue weighted by Gasteiger charge is -2.29. The number of fused-ring (bicyclic) bond motifs is 1. The standard InChI is InChI=1S/C17H28N6.2ClH/c1-17(2,12-21(3)4)13-22-9-7-19-16(22)15-10-14-11-18-6-5-8-23(14)20-15;;/h7,9-10,18H,5-6,8,11-13H2,1-4H3;2*1H. The molecule has 3 rings (SSSR count). The number of rotatable bonds is 5. The van der Waals surface area contributed by atoms with Gasteiger partial charge in [0.2, 0.25) is 0 Å². The molecule has 2 aromatic heterocycles. The van der Waals surface area contributed by atoms with Gasteiger partial charge in [-0.3, -0.25) is 4.68 Å². The first-order chi connectivity index (χ1) is 10.9. The van der Waals surface area contributed by atoms with Gasteiger partial charge >= 0.3 is 0 Å². The highest BCUT2D eigenvalue weighted by atomic mass is 35.5. The van der Waals surface area contributed by atoms with Crippen molar-refractivity contribution in [1.29, 1.82) is 0 Å². The van der Waals surface area contributed by atoms with Gasteiger partial charge in [0.25, 0.3) is 0 Å². The van der Waals surface area contributed by atoms with Crippen LogP contribution in [0.4, 0.5) is 0 Å². The maximum atomic E-state index is 4.79. The second kappa shape index (κ2) is 9.03. The number of halogens is 2. The Labute approximate surface area is 162 Å². The third-order valence-corrected chi connectivity index (χ3v) is 4.18. The number of nitrogens with one attached hydrogen (secondary N) is 1. The largest absolute Gasteiger partial charge is 0.329 e. The van der Waals surface area contributed by atoms with Gasteiger partial charge in [-0.1, -0.05) is 13.8 Å². The topological polar surface area (TPSA) is 50.9 Å². The van der Waals surface area contributed by atoms with Crippen LogP contribution in [0.15, 0.2) is 18.5 Å². The summed E-state index contributed by atoms with van der Waals surface area (Å²) in [4.78, 5) is 6.81. The van der Waals surface area contributed by atoms with Gasteiger partial charge in [-0.05, 0) is 38.5 Å². The highest BCUT2D eigenvalue weighted by Crippen LogP contribution is 2.24. The molecule has 1 N–H and O–H groups in total. The maximum absolute atomic E-state index is 4.79. The number of aromatic nitrogens is 4. The van der Waals surface area contributed by atoms with Crippen molar-refractivity contribution < 1.29 is 0 Å². The van der Waals surface area contributed by atoms with E-state index in [2.05, 4.69) is 64.7 Å². The van der Waals surface area contributed by atoms with Crippen molar-refractivity contribution in [1.82, 2.24) is 29.5 Å². The number of imidazole rings is 1. The van der Waals surface area contributed by atoms with Crippen LogP contribution in [0.3, 0.4) is 0 Å². The van der Waals surface area contributed by atoms with Gasteiger partial charge in [0, 0.05) is 38.6 Å². The predicted molar refractivity (Wildman–Crippen MR) is 107 cm³/mol. The summed E-state index contributed by atoms with van der Waals surface area (Å²) in [5.41, 5.74) is 2.41. The average Bonchev–Trinajstić information content (AvgIpc) is 2.98. The summed E-state index contributed by atoms with van der Waals surface area (Å²) in [7, 11) is 4.24. The summed E-state index contributed by atoms with van der Waals surface area (Å²) in [6.07, 6.45) is 5.07. The number of hydrogen-bond acceptors (Lipinski definition) is 4. The van der Waals surface area contributed by atoms with Gasteiger partial charge in [0.05, 0.1) is 5.69 Å². The normalized spacial score (nSPS) is 14.4. The van der Waals surface area contributed by atoms with Crippen LogP contribution in [0.25, 0.3) is 11.5 Å². The molecule has 2 aromatic rings. The molecule has 1 aliphatic rings. The predicted octanol–water partition coefficient (Wildman–Crippen LogP) is 2.67. The van der Waals surface area contributed by atoms with Gasteiger partial charge < -0.3 is 14.8 Å². The SMILES string of the molecule is CN(C)CC(C)(C)Cn1ccnc1-c1cc2n(n1)CCCNC2.Cl.Cl. The third kappa shape index (κ3) is 5.45. The molecule has 0 aromatic carbocycles. The Morgan fingerprint density at radius 3 is 2.76 bits per heavy atom. The third-order valence-electron chi connectivity index (χ3n) is 4.18. The Hall–Kier alpha value is -1.08. The molecule has 0 aliphatic carbocycles. The molecule has 0 saturated carbocycles. The van der Waals surface area contributed by atoms with E-state index in [0.717, 1.165) is 50.7 Å². The highest BCUT2D eigenvalue weighted by Gasteiger charge is 2.22. The van der Waals surface area contributed by atoms with Crippen LogP contribution in [-0.2, 0) is 19.6 Å². The molecule has 25 heavy (non-hydrogen) atoms. The minimum atomic E-state index is 0. The van der Waals surface area contributed by atoms with Crippen LogP contribution in [0.1, 0.15) is 26.0 Å². The fraction of sp³-hybridized carbons (Fsp3) is 0.647. The van der Waals surface area contributed by atoms with E-state index in [-0.39, 0.29) is 30.2 Å². The molecule has 0 atom stereocenters. The van der Waals surface area contributed by atoms with Gasteiger partial charge in [0.15, 0.2) is 5.82 Å². The van der Waals surface area contributed by atoms with Crippen molar-refractivity contribution in [2.45, 2.75) is 39.9 Å². The van der Waals surface area contributed by atoms with Crippen LogP contribution in [-0.4, -0.2) is 51.4 Å². The second-order valence-corrected chi connectivity index (χ2v) is 7.56. The Morgan fingerprint density at radius 1 is 1.28 bits per heavy atom. The first-order valence-corrected chi connectivity index (χ1v) is 8.38. The summed E-state index contributed by atoms with van der Waals surface area (Å²) in [5, 5.41) is 8.23. The van der Waals surface area contributed by atoms with E-state index in [1.54, 1.807) is 0 Å². The first-order valence-electron chi connectivity index (χ1n) is 8.38. The molecule has 0 fully saturated rings. The Kier molecular flexibility index (Phi) is 7.93. The lowest BCUT2D eigenvalue weighted by atomic mass is 9.93. The lowest BCUT2D eigenvalue weighted by Crippen LogP contribution is -2.32. The van der Waals surface area contributed by atoms with Crippen molar-refractivity contribution in [2.24, 2.45) is 5.41 Å². The smallest absolute Gasteiger partial charge is 0.160 e. The van der Waals surface area contributed by atoms with E-state index in [9.17, 15) is 0 Å². The number of aryl methyl sites for hydroxylation is 1. The highest BCUT2D eigenvalue weighted by molar-refractivity contribution is 5.85. The summed E-state index contributed by atoms with van der Waals surface area (Å²) in [6, 6.07) is 2.18. The van der Waals surface area contributed by atoms with Gasteiger partial charge in [0.1, 0.15) is 5.69 Å². The first kappa shape index (κ1) is 22.0. The van der Waals surface area contributed by atoms with Gasteiger partial charge in [-0.2, -0.15) is 5.10 Å². The van der Waals surface area contributed by atoms with Crippen LogP contribution in [0, 0.1) is 5.41 Å². The van der Waals surface area contributed by atoms with Crippen LogP contribution >= 0.6 is 24.8 Å². The van der Waals surface area contributed by atoms with Crippen molar-refractivity contribution in [3.05, 3.63) is 24.2 Å². The molecule has 0 unspecified atom stereocenters. The van der Waals surface area contributed by atoms with E-state index in [0.29, 0.717) is 0 Å². The molecule has 0 spiro atoms. The number of nitrogens with zero attached hydrogens (tertiary/aromatic N) is 5. The van der Waals surface area contributed by atoms with Crippen molar-refractivity contribution in [3.63, 3.8) is 0 Å². The van der Waals surface area contributed by atoms with Crippen molar-refractivity contribution in [3.8, 4) is 11.5 Å². The number of hydrogen-bond donors (Lipinski definition) is 1. The Balaban J connectivity index is 0.00000156. The second-order valence-electron chi connectivity index (χ2n) is 7.56. The van der Waals surface area contributed by atoms with E-state index in [1.807, 2.05) is 6.20 Å². The summed E-state index contributed by atoms with van der Waals surface area (Å²) in [5.74, 6) is 0.970. The zero-order chi connectivity index (χ0) is 16.4. The van der Waals surface area contributed by atoms with E-state index in [1.165, 1.54) is 5.69 Å². The van der Waals surface area contributed by atoms with Gasteiger partial charge in [-0.15, -0.1) is 24.8 Å². The molecule has 0 saturated heterocycles. The molecular formula is C17H30Cl2N6. The van der Waals surface area contributed by atoms with Crippen molar-refractivity contribution >= 4 is 24.8 Å². The van der Waals surface area contributed by atoms with Crippen LogP contribution in [0.5, 0.6) is 0 Å². The lowest BCUT2D eigenvalue weighted by molar-refractivity contribution is 0.212. The monoisotopic (exact) mass is 388 g/mol. The fourth-order valence-electron chi connectivity index (χ4n) is 3.51. The molecule has 142 valence electrons. The molecule has 0 radical (unpaired) electrons. The summed E-state index contributed by atoms with van der Waals surface area (Å²) >= 11 is 0. The Morgan fingerprint density at radius 2 is 2.04 bits per heavy atom. The zero-order valence-electron chi connectivity index (χ0n) is 15.5. The van der Waals surface area contributed by atoms with Crippen molar-refractivity contribution in [2.75, 3.05) is 27.2 Å². The molecule has 0 amide bonds. The minimum Gasteiger partial charge on any atom is -0.329 e. The maximum Gasteiger partial charge on any atom is 0.160 e. The molecule has 0 bridgehead atoms. The van der Waals surface area contributed by atoms with Crippen LogP contribution < -0.4 is 5.32 Å². The zero-order valence-corrected chi connectivity index (χ0v) is 17.2. The summed E-state index contributed by atoms with van der Waals surface area (Å²) in [6.45, 7) is 9.49. The summed E-state index contributed by atoms with van der Waals surface area (Å²) < 4.78 is 4.36. The van der Waals surface area contributed by atoms with E-state index >= 15 is 0 Å². The minimum absolute atomic E-state index is 0. The average molecular weight is 389 g/mol. The molecule has 3 heterocycles. The van der Waals surface area contributed by atoms with Crippen LogP contribution in [0.2, 0.25) is 0 Å². The quantitative estimate of drug-likeness (QED) is 0.854. The van der Waals surface area contributed by atoms with E-state index < -0.39 is 0 Å². The molecule has 1 aliphatic heterocycles. The van der Waals surface area contributed by atoms with E-state index in [4.69, 9.17) is 5.10 Å².